The first kappa shape index (κ1) is 12.8. The Bertz CT molecular complexity index is 287. The summed E-state index contributed by atoms with van der Waals surface area (Å²) in [6, 6.07) is 0.741. The normalized spacial score (nSPS) is 23.7. The Labute approximate surface area is 103 Å². The van der Waals surface area contributed by atoms with Crippen molar-refractivity contribution < 1.29 is 9.90 Å². The lowest BCUT2D eigenvalue weighted by atomic mass is 9.98. The Kier molecular flexibility index (Phi) is 3.73. The van der Waals surface area contributed by atoms with E-state index in [0.717, 1.165) is 18.5 Å². The zero-order valence-corrected chi connectivity index (χ0v) is 10.9. The molecule has 2 rings (SSSR count). The molecule has 0 amide bonds. The minimum Gasteiger partial charge on any atom is -0.480 e. The van der Waals surface area contributed by atoms with Crippen LogP contribution >= 0.6 is 0 Å². The number of carbonyl (C=O) groups is 1. The van der Waals surface area contributed by atoms with Gasteiger partial charge in [-0.05, 0) is 52.0 Å². The number of likely N-dealkylation sites (N-methyl/N-ethyl adjacent to an activating group) is 1. The highest BCUT2D eigenvalue weighted by atomic mass is 16.4. The van der Waals surface area contributed by atoms with Gasteiger partial charge in [-0.15, -0.1) is 0 Å². The topological polar surface area (TPSA) is 52.6 Å². The molecule has 0 aromatic carbocycles. The van der Waals surface area contributed by atoms with Crippen molar-refractivity contribution in [3.05, 3.63) is 0 Å². The molecule has 2 N–H and O–H groups in total. The molecule has 0 aromatic heterocycles. The van der Waals surface area contributed by atoms with Gasteiger partial charge in [-0.3, -0.25) is 4.79 Å². The fraction of sp³-hybridized carbons (Fsp3) is 0.923. The van der Waals surface area contributed by atoms with E-state index in [1.165, 1.54) is 32.2 Å². The molecule has 0 spiro atoms. The molecular weight excluding hydrogens is 216 g/mol. The van der Waals surface area contributed by atoms with Gasteiger partial charge in [-0.1, -0.05) is 0 Å². The molecule has 2 saturated carbocycles. The number of rotatable bonds is 8. The summed E-state index contributed by atoms with van der Waals surface area (Å²) in [5.74, 6) is 0.142. The number of aliphatic carboxylic acids is 1. The van der Waals surface area contributed by atoms with Crippen LogP contribution in [0.15, 0.2) is 0 Å². The van der Waals surface area contributed by atoms with Crippen LogP contribution in [0.1, 0.15) is 39.0 Å². The van der Waals surface area contributed by atoms with Crippen LogP contribution in [-0.4, -0.2) is 47.7 Å². The molecule has 4 heteroatoms. The number of hydrogen-bond donors (Lipinski definition) is 2. The van der Waals surface area contributed by atoms with E-state index in [-0.39, 0.29) is 0 Å². The predicted octanol–water partition coefficient (Wildman–Crippen LogP) is 1.31. The van der Waals surface area contributed by atoms with Crippen molar-refractivity contribution in [3.63, 3.8) is 0 Å². The van der Waals surface area contributed by atoms with Crippen LogP contribution in [0, 0.1) is 5.92 Å². The highest BCUT2D eigenvalue weighted by Gasteiger charge is 2.36. The summed E-state index contributed by atoms with van der Waals surface area (Å²) >= 11 is 0. The van der Waals surface area contributed by atoms with Crippen molar-refractivity contribution >= 4 is 5.97 Å². The first-order chi connectivity index (χ1) is 8.05. The second-order valence-corrected chi connectivity index (χ2v) is 5.81. The Morgan fingerprint density at radius 2 is 2.06 bits per heavy atom. The van der Waals surface area contributed by atoms with E-state index in [2.05, 4.69) is 10.2 Å². The fourth-order valence-corrected chi connectivity index (χ4v) is 2.20. The van der Waals surface area contributed by atoms with Gasteiger partial charge in [0.15, 0.2) is 0 Å². The molecule has 1 unspecified atom stereocenters. The molecule has 4 nitrogen and oxygen atoms in total. The highest BCUT2D eigenvalue weighted by molar-refractivity contribution is 5.78. The van der Waals surface area contributed by atoms with Gasteiger partial charge in [-0.2, -0.15) is 0 Å². The summed E-state index contributed by atoms with van der Waals surface area (Å²) in [4.78, 5) is 13.7. The van der Waals surface area contributed by atoms with E-state index in [1.807, 2.05) is 0 Å². The summed E-state index contributed by atoms with van der Waals surface area (Å²) in [7, 11) is 1.73. The Hall–Kier alpha value is -0.610. The molecule has 2 aliphatic carbocycles. The average Bonchev–Trinajstić information content (AvgIpc) is 3.15. The summed E-state index contributed by atoms with van der Waals surface area (Å²) in [5, 5.41) is 12.1. The summed E-state index contributed by atoms with van der Waals surface area (Å²) in [5.41, 5.74) is -0.781. The van der Waals surface area contributed by atoms with Gasteiger partial charge in [0.2, 0.25) is 0 Å². The minimum absolute atomic E-state index is 0.683. The third-order valence-corrected chi connectivity index (χ3v) is 4.18. The number of carboxylic acid groups (broad SMARTS) is 1. The molecule has 0 aromatic rings. The summed E-state index contributed by atoms with van der Waals surface area (Å²) in [6.45, 7) is 3.87. The van der Waals surface area contributed by atoms with E-state index in [1.54, 1.807) is 14.0 Å². The van der Waals surface area contributed by atoms with Crippen LogP contribution in [-0.2, 0) is 4.79 Å². The maximum Gasteiger partial charge on any atom is 0.323 e. The largest absolute Gasteiger partial charge is 0.480 e. The second-order valence-electron chi connectivity index (χ2n) is 5.81. The first-order valence-electron chi connectivity index (χ1n) is 6.71. The maximum atomic E-state index is 11.2. The van der Waals surface area contributed by atoms with Crippen LogP contribution in [0.25, 0.3) is 0 Å². The van der Waals surface area contributed by atoms with Gasteiger partial charge in [0, 0.05) is 19.1 Å². The van der Waals surface area contributed by atoms with Gasteiger partial charge in [0.05, 0.1) is 0 Å². The average molecular weight is 240 g/mol. The lowest BCUT2D eigenvalue weighted by Crippen LogP contribution is -2.50. The predicted molar refractivity (Wildman–Crippen MR) is 67.0 cm³/mol. The molecule has 0 heterocycles. The monoisotopic (exact) mass is 240 g/mol. The molecule has 2 fully saturated rings. The number of nitrogens with one attached hydrogen (secondary N) is 1. The Balaban J connectivity index is 1.82. The van der Waals surface area contributed by atoms with Crippen molar-refractivity contribution in [2.75, 3.05) is 20.1 Å². The molecular formula is C13H24N2O2. The van der Waals surface area contributed by atoms with Crippen molar-refractivity contribution in [3.8, 4) is 0 Å². The Morgan fingerprint density at radius 3 is 2.47 bits per heavy atom. The van der Waals surface area contributed by atoms with Crippen LogP contribution in [0.3, 0.4) is 0 Å². The molecule has 0 saturated heterocycles. The van der Waals surface area contributed by atoms with Crippen molar-refractivity contribution in [1.82, 2.24) is 10.2 Å². The van der Waals surface area contributed by atoms with E-state index in [4.69, 9.17) is 0 Å². The zero-order valence-electron chi connectivity index (χ0n) is 10.9. The number of carboxylic acids is 1. The van der Waals surface area contributed by atoms with Crippen LogP contribution in [0.4, 0.5) is 0 Å². The molecule has 2 aliphatic rings. The third kappa shape index (κ3) is 3.42. The molecule has 0 radical (unpaired) electrons. The lowest BCUT2D eigenvalue weighted by molar-refractivity contribution is -0.144. The van der Waals surface area contributed by atoms with Crippen molar-refractivity contribution in [1.29, 1.82) is 0 Å². The van der Waals surface area contributed by atoms with Crippen molar-refractivity contribution in [2.24, 2.45) is 5.92 Å². The summed E-state index contributed by atoms with van der Waals surface area (Å²) in [6.07, 6.45) is 6.02. The van der Waals surface area contributed by atoms with Crippen LogP contribution < -0.4 is 5.32 Å². The number of hydrogen-bond acceptors (Lipinski definition) is 3. The van der Waals surface area contributed by atoms with Crippen LogP contribution in [0.5, 0.6) is 0 Å². The summed E-state index contributed by atoms with van der Waals surface area (Å²) < 4.78 is 0. The van der Waals surface area contributed by atoms with E-state index < -0.39 is 11.5 Å². The molecule has 17 heavy (non-hydrogen) atoms. The molecule has 1 atom stereocenters. The molecule has 0 aliphatic heterocycles. The van der Waals surface area contributed by atoms with Gasteiger partial charge >= 0.3 is 5.97 Å². The molecule has 98 valence electrons. The quantitative estimate of drug-likeness (QED) is 0.672. The van der Waals surface area contributed by atoms with Gasteiger partial charge in [0.1, 0.15) is 5.54 Å². The maximum absolute atomic E-state index is 11.2. The minimum atomic E-state index is -0.781. The lowest BCUT2D eigenvalue weighted by Gasteiger charge is -2.29. The second kappa shape index (κ2) is 4.94. The highest BCUT2D eigenvalue weighted by Crippen LogP contribution is 2.35. The van der Waals surface area contributed by atoms with Gasteiger partial charge < -0.3 is 15.3 Å². The van der Waals surface area contributed by atoms with E-state index in [9.17, 15) is 9.90 Å². The third-order valence-electron chi connectivity index (χ3n) is 4.18. The SMILES string of the molecule is CNC(C)(CCN(CC1CC1)C1CC1)C(=O)O. The van der Waals surface area contributed by atoms with Crippen molar-refractivity contribution in [2.45, 2.75) is 50.6 Å². The fourth-order valence-electron chi connectivity index (χ4n) is 2.20. The first-order valence-corrected chi connectivity index (χ1v) is 6.71. The van der Waals surface area contributed by atoms with E-state index >= 15 is 0 Å². The number of nitrogens with zero attached hydrogens (tertiary/aromatic N) is 1. The smallest absolute Gasteiger partial charge is 0.323 e. The Morgan fingerprint density at radius 1 is 1.41 bits per heavy atom. The van der Waals surface area contributed by atoms with Crippen LogP contribution in [0.2, 0.25) is 0 Å². The van der Waals surface area contributed by atoms with E-state index in [0.29, 0.717) is 6.42 Å². The standard InChI is InChI=1S/C13H24N2O2/c1-13(14-2,12(16)17)7-8-15(11-5-6-11)9-10-3-4-10/h10-11,14H,3-9H2,1-2H3,(H,16,17). The molecule has 0 bridgehead atoms. The zero-order chi connectivity index (χ0) is 12.5. The van der Waals surface area contributed by atoms with Gasteiger partial charge in [-0.25, -0.2) is 0 Å². The van der Waals surface area contributed by atoms with Gasteiger partial charge in [0.25, 0.3) is 0 Å².